The summed E-state index contributed by atoms with van der Waals surface area (Å²) in [5, 5.41) is 3.21. The minimum absolute atomic E-state index is 0.0644. The number of carbonyl (C=O) groups excluding carboxylic acids is 1. The summed E-state index contributed by atoms with van der Waals surface area (Å²) in [5.41, 5.74) is 1.22. The van der Waals surface area contributed by atoms with Crippen LogP contribution in [0.15, 0.2) is 48.8 Å². The van der Waals surface area contributed by atoms with E-state index in [9.17, 15) is 4.79 Å². The Morgan fingerprint density at radius 3 is 2.32 bits per heavy atom. The number of nitrogens with zero attached hydrogens (tertiary/aromatic N) is 4. The van der Waals surface area contributed by atoms with Crippen molar-refractivity contribution in [2.75, 3.05) is 24.5 Å². The van der Waals surface area contributed by atoms with Gasteiger partial charge in [-0.25, -0.2) is 14.8 Å². The van der Waals surface area contributed by atoms with Crippen LogP contribution in [-0.2, 0) is 0 Å². The van der Waals surface area contributed by atoms with E-state index in [0.717, 1.165) is 44.8 Å². The number of nitrogens with one attached hydrogen (secondary N) is 1. The van der Waals surface area contributed by atoms with Gasteiger partial charge in [0.15, 0.2) is 0 Å². The zero-order valence-electron chi connectivity index (χ0n) is 14.2. The van der Waals surface area contributed by atoms with E-state index in [0.29, 0.717) is 0 Å². The fraction of sp³-hybridized carbons (Fsp3) is 0.421. The SMILES string of the molecule is O=C(NC1CCN(c2ncccn2)CC1)N1CC[C@H]1c1ccccc1. The molecule has 0 spiro atoms. The Balaban J connectivity index is 1.29. The minimum atomic E-state index is 0.0644. The van der Waals surface area contributed by atoms with Gasteiger partial charge in [0.2, 0.25) is 5.95 Å². The molecule has 2 aliphatic rings. The van der Waals surface area contributed by atoms with Gasteiger partial charge in [0.25, 0.3) is 0 Å². The van der Waals surface area contributed by atoms with Crippen LogP contribution < -0.4 is 10.2 Å². The van der Waals surface area contributed by atoms with Gasteiger partial charge in [-0.2, -0.15) is 0 Å². The summed E-state index contributed by atoms with van der Waals surface area (Å²) < 4.78 is 0. The van der Waals surface area contributed by atoms with Crippen LogP contribution in [-0.4, -0.2) is 46.6 Å². The molecule has 4 rings (SSSR count). The van der Waals surface area contributed by atoms with Gasteiger partial charge in [0.1, 0.15) is 0 Å². The molecular formula is C19H23N5O. The molecule has 3 heterocycles. The van der Waals surface area contributed by atoms with E-state index in [1.54, 1.807) is 12.4 Å². The number of aromatic nitrogens is 2. The number of rotatable bonds is 3. The van der Waals surface area contributed by atoms with E-state index in [2.05, 4.69) is 32.3 Å². The topological polar surface area (TPSA) is 61.4 Å². The van der Waals surface area contributed by atoms with Crippen molar-refractivity contribution in [3.05, 3.63) is 54.4 Å². The predicted molar refractivity (Wildman–Crippen MR) is 96.3 cm³/mol. The molecule has 1 aromatic carbocycles. The summed E-state index contributed by atoms with van der Waals surface area (Å²) in [5.74, 6) is 0.777. The number of carbonyl (C=O) groups is 1. The van der Waals surface area contributed by atoms with Crippen molar-refractivity contribution in [2.24, 2.45) is 0 Å². The molecule has 2 amide bonds. The molecular weight excluding hydrogens is 314 g/mol. The molecule has 25 heavy (non-hydrogen) atoms. The Hall–Kier alpha value is -2.63. The maximum Gasteiger partial charge on any atom is 0.318 e. The van der Waals surface area contributed by atoms with Gasteiger partial charge in [-0.15, -0.1) is 0 Å². The van der Waals surface area contributed by atoms with Crippen LogP contribution in [0.2, 0.25) is 0 Å². The predicted octanol–water partition coefficient (Wildman–Crippen LogP) is 2.60. The van der Waals surface area contributed by atoms with Crippen molar-refractivity contribution in [2.45, 2.75) is 31.3 Å². The molecule has 1 atom stereocenters. The quantitative estimate of drug-likeness (QED) is 0.935. The smallest absolute Gasteiger partial charge is 0.318 e. The molecule has 130 valence electrons. The van der Waals surface area contributed by atoms with Gasteiger partial charge in [0, 0.05) is 38.1 Å². The number of anilines is 1. The summed E-state index contributed by atoms with van der Waals surface area (Å²) in [7, 11) is 0. The zero-order chi connectivity index (χ0) is 17.1. The highest BCUT2D eigenvalue weighted by atomic mass is 16.2. The lowest BCUT2D eigenvalue weighted by molar-refractivity contribution is 0.111. The summed E-state index contributed by atoms with van der Waals surface area (Å²) >= 11 is 0. The number of piperidine rings is 1. The highest BCUT2D eigenvalue weighted by Crippen LogP contribution is 2.33. The average Bonchev–Trinajstić information content (AvgIpc) is 2.63. The lowest BCUT2D eigenvalue weighted by Crippen LogP contribution is -2.54. The third kappa shape index (κ3) is 3.43. The normalized spacial score (nSPS) is 20.9. The number of amides is 2. The molecule has 0 saturated carbocycles. The van der Waals surface area contributed by atoms with Crippen LogP contribution in [0.1, 0.15) is 30.9 Å². The van der Waals surface area contributed by atoms with E-state index in [4.69, 9.17) is 0 Å². The molecule has 0 bridgehead atoms. The molecule has 0 unspecified atom stereocenters. The van der Waals surface area contributed by atoms with E-state index in [1.807, 2.05) is 29.2 Å². The first-order valence-corrected chi connectivity index (χ1v) is 8.95. The number of benzene rings is 1. The van der Waals surface area contributed by atoms with Crippen LogP contribution in [0.4, 0.5) is 10.7 Å². The fourth-order valence-corrected chi connectivity index (χ4v) is 3.59. The molecule has 0 aliphatic carbocycles. The minimum Gasteiger partial charge on any atom is -0.341 e. The zero-order valence-corrected chi connectivity index (χ0v) is 14.2. The van der Waals surface area contributed by atoms with Gasteiger partial charge in [-0.1, -0.05) is 30.3 Å². The first-order chi connectivity index (χ1) is 12.3. The Morgan fingerprint density at radius 1 is 0.960 bits per heavy atom. The van der Waals surface area contributed by atoms with E-state index >= 15 is 0 Å². The lowest BCUT2D eigenvalue weighted by Gasteiger charge is -2.42. The van der Waals surface area contributed by atoms with Gasteiger partial charge < -0.3 is 15.1 Å². The van der Waals surface area contributed by atoms with Gasteiger partial charge in [0.05, 0.1) is 6.04 Å². The third-order valence-corrected chi connectivity index (χ3v) is 5.12. The average molecular weight is 337 g/mol. The Morgan fingerprint density at radius 2 is 1.68 bits per heavy atom. The van der Waals surface area contributed by atoms with E-state index < -0.39 is 0 Å². The molecule has 2 aromatic rings. The molecule has 2 saturated heterocycles. The Kier molecular flexibility index (Phi) is 4.50. The molecule has 2 aliphatic heterocycles. The Labute approximate surface area is 147 Å². The van der Waals surface area contributed by atoms with Crippen molar-refractivity contribution in [3.63, 3.8) is 0 Å². The van der Waals surface area contributed by atoms with Gasteiger partial charge in [-0.3, -0.25) is 0 Å². The second-order valence-corrected chi connectivity index (χ2v) is 6.67. The molecule has 6 heteroatoms. The molecule has 2 fully saturated rings. The summed E-state index contributed by atoms with van der Waals surface area (Å²) in [6.45, 7) is 2.58. The first kappa shape index (κ1) is 15.9. The number of urea groups is 1. The molecule has 1 N–H and O–H groups in total. The lowest BCUT2D eigenvalue weighted by atomic mass is 9.95. The molecule has 1 aromatic heterocycles. The maximum absolute atomic E-state index is 12.6. The van der Waals surface area contributed by atoms with Crippen molar-refractivity contribution in [1.29, 1.82) is 0 Å². The van der Waals surface area contributed by atoms with Crippen molar-refractivity contribution >= 4 is 12.0 Å². The number of hydrogen-bond donors (Lipinski definition) is 1. The summed E-state index contributed by atoms with van der Waals surface area (Å²) in [6, 6.07) is 12.6. The first-order valence-electron chi connectivity index (χ1n) is 8.95. The van der Waals surface area contributed by atoms with Crippen molar-refractivity contribution in [1.82, 2.24) is 20.2 Å². The van der Waals surface area contributed by atoms with E-state index in [-0.39, 0.29) is 18.1 Å². The fourth-order valence-electron chi connectivity index (χ4n) is 3.59. The van der Waals surface area contributed by atoms with Crippen molar-refractivity contribution < 1.29 is 4.79 Å². The molecule has 0 radical (unpaired) electrons. The second-order valence-electron chi connectivity index (χ2n) is 6.67. The second kappa shape index (κ2) is 7.09. The largest absolute Gasteiger partial charge is 0.341 e. The van der Waals surface area contributed by atoms with Crippen LogP contribution in [0.25, 0.3) is 0 Å². The van der Waals surface area contributed by atoms with Crippen LogP contribution in [0.5, 0.6) is 0 Å². The van der Waals surface area contributed by atoms with Crippen molar-refractivity contribution in [3.8, 4) is 0 Å². The molecule has 6 nitrogen and oxygen atoms in total. The third-order valence-electron chi connectivity index (χ3n) is 5.12. The summed E-state index contributed by atoms with van der Waals surface area (Å²) in [6.07, 6.45) is 6.43. The monoisotopic (exact) mass is 337 g/mol. The van der Waals surface area contributed by atoms with Crippen LogP contribution in [0, 0.1) is 0 Å². The number of hydrogen-bond acceptors (Lipinski definition) is 4. The summed E-state index contributed by atoms with van der Waals surface area (Å²) in [4.78, 5) is 25.3. The van der Waals surface area contributed by atoms with Crippen LogP contribution >= 0.6 is 0 Å². The van der Waals surface area contributed by atoms with Crippen LogP contribution in [0.3, 0.4) is 0 Å². The van der Waals surface area contributed by atoms with Gasteiger partial charge >= 0.3 is 6.03 Å². The van der Waals surface area contributed by atoms with E-state index in [1.165, 1.54) is 5.56 Å². The van der Waals surface area contributed by atoms with Gasteiger partial charge in [-0.05, 0) is 30.9 Å². The maximum atomic E-state index is 12.6. The Bertz CT molecular complexity index is 700. The highest BCUT2D eigenvalue weighted by molar-refractivity contribution is 5.76. The standard InChI is InChI=1S/C19H23N5O/c25-19(24-14-9-17(24)15-5-2-1-3-6-15)22-16-7-12-23(13-8-16)18-20-10-4-11-21-18/h1-6,10-11,16-17H,7-9,12-14H2,(H,22,25)/t17-/m0/s1. The highest BCUT2D eigenvalue weighted by Gasteiger charge is 2.34. The number of likely N-dealkylation sites (tertiary alicyclic amines) is 1.